The molecule has 2 aliphatic rings. The highest BCUT2D eigenvalue weighted by atomic mass is 16.1. The fraction of sp³-hybridized carbons (Fsp3) is 0.455. The molecule has 1 N–H and O–H groups in total. The SMILES string of the molecule is CCC1CC(=Nc2cc(C)cc(C)n2)Cc2cc[nH]c(=O)c2C1=Nc1ccc(CCN2CCN(CC)CC2)cc1. The van der Waals surface area contributed by atoms with Crippen LogP contribution in [0.15, 0.2) is 63.4 Å². The molecule has 0 radical (unpaired) electrons. The predicted molar refractivity (Wildman–Crippen MR) is 165 cm³/mol. The van der Waals surface area contributed by atoms with Crippen molar-refractivity contribution in [1.82, 2.24) is 19.8 Å². The lowest BCUT2D eigenvalue weighted by Gasteiger charge is -2.34. The number of nitrogens with zero attached hydrogens (tertiary/aromatic N) is 5. The molecule has 7 nitrogen and oxygen atoms in total. The van der Waals surface area contributed by atoms with E-state index in [-0.39, 0.29) is 11.5 Å². The van der Waals surface area contributed by atoms with Crippen molar-refractivity contribution in [3.63, 3.8) is 0 Å². The number of pyridine rings is 2. The number of aryl methyl sites for hydroxylation is 2. The van der Waals surface area contributed by atoms with E-state index in [1.165, 1.54) is 18.7 Å². The Morgan fingerprint density at radius 2 is 1.73 bits per heavy atom. The van der Waals surface area contributed by atoms with Gasteiger partial charge in [0, 0.05) is 62.7 Å². The second kappa shape index (κ2) is 12.8. The quantitative estimate of drug-likeness (QED) is 0.407. The first kappa shape index (κ1) is 28.1. The number of piperazine rings is 1. The van der Waals surface area contributed by atoms with Crippen LogP contribution in [0.3, 0.4) is 0 Å². The van der Waals surface area contributed by atoms with Gasteiger partial charge in [0.1, 0.15) is 0 Å². The van der Waals surface area contributed by atoms with E-state index in [1.807, 2.05) is 19.1 Å². The van der Waals surface area contributed by atoms with Crippen LogP contribution >= 0.6 is 0 Å². The standard InChI is InChI=1S/C33H42N6O/c1-5-26-21-29(36-30-20-23(3)19-24(4)35-30)22-27-11-13-34-33(40)31(27)32(26)37-28-9-7-25(8-10-28)12-14-39-17-15-38(6-2)16-18-39/h7-11,13,19-20,26H,5-6,12,14-18,21-22H2,1-4H3,(H,34,40). The number of benzene rings is 1. The fourth-order valence-corrected chi connectivity index (χ4v) is 5.93. The molecule has 1 fully saturated rings. The zero-order valence-electron chi connectivity index (χ0n) is 24.4. The molecular weight excluding hydrogens is 496 g/mol. The van der Waals surface area contributed by atoms with Gasteiger partial charge in [-0.25, -0.2) is 9.98 Å². The van der Waals surface area contributed by atoms with Crippen molar-refractivity contribution in [1.29, 1.82) is 0 Å². The summed E-state index contributed by atoms with van der Waals surface area (Å²) in [5.41, 5.74) is 7.80. The molecule has 1 aliphatic carbocycles. The van der Waals surface area contributed by atoms with Crippen LogP contribution in [0.4, 0.5) is 11.5 Å². The summed E-state index contributed by atoms with van der Waals surface area (Å²) in [5, 5.41) is 0. The second-order valence-corrected chi connectivity index (χ2v) is 11.2. The number of fused-ring (bicyclic) bond motifs is 1. The monoisotopic (exact) mass is 538 g/mol. The first-order valence-corrected chi connectivity index (χ1v) is 14.8. The van der Waals surface area contributed by atoms with Crippen molar-refractivity contribution in [3.05, 3.63) is 87.0 Å². The highest BCUT2D eigenvalue weighted by Gasteiger charge is 2.28. The number of H-pyrrole nitrogens is 1. The number of rotatable bonds is 7. The molecule has 1 aromatic carbocycles. The minimum Gasteiger partial charge on any atom is -0.329 e. The molecule has 40 heavy (non-hydrogen) atoms. The van der Waals surface area contributed by atoms with Gasteiger partial charge in [0.15, 0.2) is 5.82 Å². The summed E-state index contributed by atoms with van der Waals surface area (Å²) in [5.74, 6) is 0.827. The number of hydrogen-bond donors (Lipinski definition) is 1. The van der Waals surface area contributed by atoms with Crippen LogP contribution in [-0.4, -0.2) is 70.5 Å². The number of aliphatic imine (C=N–C) groups is 2. The molecule has 1 unspecified atom stereocenters. The van der Waals surface area contributed by atoms with Crippen LogP contribution < -0.4 is 5.56 Å². The van der Waals surface area contributed by atoms with Crippen LogP contribution in [0.25, 0.3) is 0 Å². The maximum Gasteiger partial charge on any atom is 0.257 e. The van der Waals surface area contributed by atoms with Crippen LogP contribution in [-0.2, 0) is 12.8 Å². The Morgan fingerprint density at radius 1 is 0.975 bits per heavy atom. The molecule has 0 bridgehead atoms. The molecule has 1 aliphatic heterocycles. The first-order chi connectivity index (χ1) is 19.4. The lowest BCUT2D eigenvalue weighted by Crippen LogP contribution is -2.46. The molecule has 2 aromatic heterocycles. The summed E-state index contributed by atoms with van der Waals surface area (Å²) >= 11 is 0. The lowest BCUT2D eigenvalue weighted by molar-refractivity contribution is 0.138. The average Bonchev–Trinajstić information content (AvgIpc) is 3.09. The van der Waals surface area contributed by atoms with Gasteiger partial charge in [0.25, 0.3) is 5.56 Å². The molecule has 0 amide bonds. The van der Waals surface area contributed by atoms with Crippen LogP contribution in [0.5, 0.6) is 0 Å². The van der Waals surface area contributed by atoms with E-state index < -0.39 is 0 Å². The van der Waals surface area contributed by atoms with Crippen molar-refractivity contribution in [2.45, 2.75) is 53.4 Å². The molecule has 0 spiro atoms. The minimum atomic E-state index is -0.0831. The molecule has 210 valence electrons. The number of likely N-dealkylation sites (N-methyl/N-ethyl adjacent to an activating group) is 1. The second-order valence-electron chi connectivity index (χ2n) is 11.2. The third-order valence-corrected chi connectivity index (χ3v) is 8.23. The Kier molecular flexibility index (Phi) is 9.02. The Morgan fingerprint density at radius 3 is 2.42 bits per heavy atom. The largest absolute Gasteiger partial charge is 0.329 e. The van der Waals surface area contributed by atoms with E-state index in [9.17, 15) is 4.79 Å². The number of aromatic amines is 1. The number of nitrogens with one attached hydrogen (secondary N) is 1. The topological polar surface area (TPSA) is 76.9 Å². The molecular formula is C33H42N6O. The minimum absolute atomic E-state index is 0.0831. The van der Waals surface area contributed by atoms with E-state index in [0.29, 0.717) is 12.0 Å². The van der Waals surface area contributed by atoms with Crippen molar-refractivity contribution in [3.8, 4) is 0 Å². The maximum absolute atomic E-state index is 13.2. The Labute approximate surface area is 238 Å². The molecule has 1 saturated heterocycles. The Bertz CT molecular complexity index is 1410. The Hall–Kier alpha value is -3.42. The van der Waals surface area contributed by atoms with Crippen LogP contribution in [0.2, 0.25) is 0 Å². The normalized spacial score (nSPS) is 20.6. The number of aromatic nitrogens is 2. The van der Waals surface area contributed by atoms with Gasteiger partial charge in [-0.3, -0.25) is 9.79 Å². The van der Waals surface area contributed by atoms with Crippen LogP contribution in [0, 0.1) is 19.8 Å². The zero-order chi connectivity index (χ0) is 28.1. The van der Waals surface area contributed by atoms with Crippen LogP contribution in [0.1, 0.15) is 54.6 Å². The van der Waals surface area contributed by atoms with Gasteiger partial charge in [0.2, 0.25) is 0 Å². The maximum atomic E-state index is 13.2. The van der Waals surface area contributed by atoms with E-state index in [1.54, 1.807) is 6.20 Å². The Balaban J connectivity index is 1.39. The molecule has 1 atom stereocenters. The highest BCUT2D eigenvalue weighted by molar-refractivity contribution is 6.09. The highest BCUT2D eigenvalue weighted by Crippen LogP contribution is 2.28. The molecule has 0 saturated carbocycles. The third-order valence-electron chi connectivity index (χ3n) is 8.23. The van der Waals surface area contributed by atoms with Crippen molar-refractivity contribution >= 4 is 22.9 Å². The smallest absolute Gasteiger partial charge is 0.257 e. The van der Waals surface area contributed by atoms with E-state index in [0.717, 1.165) is 85.2 Å². The van der Waals surface area contributed by atoms with Gasteiger partial charge in [0.05, 0.1) is 17.0 Å². The molecule has 3 heterocycles. The van der Waals surface area contributed by atoms with Gasteiger partial charge in [-0.2, -0.15) is 0 Å². The summed E-state index contributed by atoms with van der Waals surface area (Å²) in [6, 6.07) is 14.6. The van der Waals surface area contributed by atoms with E-state index in [2.05, 4.69) is 70.9 Å². The van der Waals surface area contributed by atoms with Crippen molar-refractivity contribution in [2.24, 2.45) is 15.9 Å². The third kappa shape index (κ3) is 6.83. The molecule has 3 aromatic rings. The predicted octanol–water partition coefficient (Wildman–Crippen LogP) is 5.43. The van der Waals surface area contributed by atoms with E-state index in [4.69, 9.17) is 9.98 Å². The van der Waals surface area contributed by atoms with Crippen molar-refractivity contribution in [2.75, 3.05) is 39.3 Å². The lowest BCUT2D eigenvalue weighted by atomic mass is 9.92. The van der Waals surface area contributed by atoms with Gasteiger partial charge < -0.3 is 14.8 Å². The average molecular weight is 539 g/mol. The van der Waals surface area contributed by atoms with Gasteiger partial charge in [-0.15, -0.1) is 0 Å². The molecule has 5 rings (SSSR count). The summed E-state index contributed by atoms with van der Waals surface area (Å²) in [6.45, 7) is 15.3. The van der Waals surface area contributed by atoms with Crippen molar-refractivity contribution < 1.29 is 0 Å². The van der Waals surface area contributed by atoms with Gasteiger partial charge in [-0.05, 0) is 86.7 Å². The molecule has 7 heteroatoms. The first-order valence-electron chi connectivity index (χ1n) is 14.8. The summed E-state index contributed by atoms with van der Waals surface area (Å²) < 4.78 is 0. The number of hydrogen-bond acceptors (Lipinski definition) is 6. The zero-order valence-corrected chi connectivity index (χ0v) is 24.4. The van der Waals surface area contributed by atoms with Gasteiger partial charge >= 0.3 is 0 Å². The summed E-state index contributed by atoms with van der Waals surface area (Å²) in [4.78, 5) is 35.9. The summed E-state index contributed by atoms with van der Waals surface area (Å²) in [7, 11) is 0. The van der Waals surface area contributed by atoms with Gasteiger partial charge in [-0.1, -0.05) is 26.0 Å². The summed E-state index contributed by atoms with van der Waals surface area (Å²) in [6.07, 6.45) is 5.01. The fourth-order valence-electron chi connectivity index (χ4n) is 5.93. The van der Waals surface area contributed by atoms with E-state index >= 15 is 0 Å².